The lowest BCUT2D eigenvalue weighted by Gasteiger charge is -2.20. The summed E-state index contributed by atoms with van der Waals surface area (Å²) < 4.78 is 0.255. The number of phenolic OH excluding ortho intramolecular Hbond substituents is 4. The molecule has 2 unspecified atom stereocenters. The molecule has 2 aromatic rings. The van der Waals surface area contributed by atoms with Crippen LogP contribution < -0.4 is 0 Å². The van der Waals surface area contributed by atoms with Crippen LogP contribution in [0.3, 0.4) is 0 Å². The van der Waals surface area contributed by atoms with Gasteiger partial charge in [0.15, 0.2) is 0 Å². The number of hydrogen-bond donors (Lipinski definition) is 4. The summed E-state index contributed by atoms with van der Waals surface area (Å²) in [6.45, 7) is 3.29. The summed E-state index contributed by atoms with van der Waals surface area (Å²) in [6, 6.07) is 5.75. The summed E-state index contributed by atoms with van der Waals surface area (Å²) in [4.78, 5) is 12.8. The molecule has 0 aromatic heterocycles. The highest BCUT2D eigenvalue weighted by atomic mass is 79.9. The van der Waals surface area contributed by atoms with Crippen molar-refractivity contribution < 1.29 is 25.2 Å². The standard InChI is InChI=1S/C17H16Br2O5/c1-7(9-3-5-11(20)13(18)16(9)23)15(22)8(2)10-4-6-12(21)14(19)17(10)24/h3-8,20-21,23-24H,1-2H3. The Labute approximate surface area is 155 Å². The molecule has 0 saturated heterocycles. The first-order chi connectivity index (χ1) is 11.2. The zero-order valence-electron chi connectivity index (χ0n) is 12.9. The molecule has 0 aliphatic rings. The highest BCUT2D eigenvalue weighted by molar-refractivity contribution is 9.11. The van der Waals surface area contributed by atoms with Crippen molar-refractivity contribution in [1.82, 2.24) is 0 Å². The lowest BCUT2D eigenvalue weighted by Crippen LogP contribution is -2.17. The van der Waals surface area contributed by atoms with Gasteiger partial charge >= 0.3 is 0 Å². The Kier molecular flexibility index (Phi) is 5.45. The van der Waals surface area contributed by atoms with Crippen molar-refractivity contribution in [1.29, 1.82) is 0 Å². The molecule has 0 saturated carbocycles. The highest BCUT2D eigenvalue weighted by Gasteiger charge is 2.28. The number of phenols is 4. The van der Waals surface area contributed by atoms with Crippen LogP contribution in [0.4, 0.5) is 0 Å². The lowest BCUT2D eigenvalue weighted by molar-refractivity contribution is -0.121. The maximum absolute atomic E-state index is 12.8. The fourth-order valence-corrected chi connectivity index (χ4v) is 3.24. The largest absolute Gasteiger partial charge is 0.507 e. The van der Waals surface area contributed by atoms with Crippen LogP contribution in [0.5, 0.6) is 23.0 Å². The summed E-state index contributed by atoms with van der Waals surface area (Å²) in [5.74, 6) is -2.19. The van der Waals surface area contributed by atoms with Gasteiger partial charge in [0.2, 0.25) is 0 Å². The van der Waals surface area contributed by atoms with Crippen molar-refractivity contribution in [3.05, 3.63) is 44.3 Å². The molecule has 0 amide bonds. The SMILES string of the molecule is CC(C(=O)C(C)c1ccc(O)c(Br)c1O)c1ccc(O)c(Br)c1O. The van der Waals surface area contributed by atoms with E-state index in [2.05, 4.69) is 31.9 Å². The molecule has 2 atom stereocenters. The van der Waals surface area contributed by atoms with Gasteiger partial charge < -0.3 is 20.4 Å². The Balaban J connectivity index is 2.38. The second-order valence-corrected chi connectivity index (χ2v) is 7.10. The van der Waals surface area contributed by atoms with Gasteiger partial charge in [0.05, 0.1) is 0 Å². The van der Waals surface area contributed by atoms with Crippen LogP contribution in [0.25, 0.3) is 0 Å². The zero-order chi connectivity index (χ0) is 18.2. The summed E-state index contributed by atoms with van der Waals surface area (Å²) in [5, 5.41) is 39.4. The minimum Gasteiger partial charge on any atom is -0.507 e. The summed E-state index contributed by atoms with van der Waals surface area (Å²) >= 11 is 6.15. The van der Waals surface area contributed by atoms with E-state index in [-0.39, 0.29) is 37.7 Å². The van der Waals surface area contributed by atoms with Crippen molar-refractivity contribution in [3.63, 3.8) is 0 Å². The molecule has 0 radical (unpaired) electrons. The number of Topliss-reactive ketones (excluding diaryl/α,β-unsaturated/α-hetero) is 1. The third-order valence-electron chi connectivity index (χ3n) is 4.04. The van der Waals surface area contributed by atoms with E-state index in [9.17, 15) is 25.2 Å². The number of carbonyl (C=O) groups excluding carboxylic acids is 1. The molecule has 2 rings (SSSR count). The predicted octanol–water partition coefficient (Wildman–Crippen LogP) is 4.51. The van der Waals surface area contributed by atoms with Crippen LogP contribution in [0.1, 0.15) is 36.8 Å². The first-order valence-corrected chi connectivity index (χ1v) is 8.69. The molecule has 128 valence electrons. The van der Waals surface area contributed by atoms with Crippen LogP contribution in [0.2, 0.25) is 0 Å². The van der Waals surface area contributed by atoms with Gasteiger partial charge in [0.25, 0.3) is 0 Å². The Morgan fingerprint density at radius 3 is 1.46 bits per heavy atom. The number of aromatic hydroxyl groups is 4. The molecule has 0 bridgehead atoms. The molecule has 0 aliphatic heterocycles. The third kappa shape index (κ3) is 3.23. The normalized spacial score (nSPS) is 13.5. The topological polar surface area (TPSA) is 98.0 Å². The first kappa shape index (κ1) is 18.6. The van der Waals surface area contributed by atoms with E-state index in [1.54, 1.807) is 13.8 Å². The molecular formula is C17H16Br2O5. The smallest absolute Gasteiger partial charge is 0.147 e. The Morgan fingerprint density at radius 2 is 1.12 bits per heavy atom. The molecular weight excluding hydrogens is 444 g/mol. The van der Waals surface area contributed by atoms with Crippen molar-refractivity contribution in [2.75, 3.05) is 0 Å². The van der Waals surface area contributed by atoms with Crippen molar-refractivity contribution in [2.24, 2.45) is 0 Å². The van der Waals surface area contributed by atoms with E-state index in [1.165, 1.54) is 24.3 Å². The Morgan fingerprint density at radius 1 is 0.792 bits per heavy atom. The van der Waals surface area contributed by atoms with E-state index >= 15 is 0 Å². The monoisotopic (exact) mass is 458 g/mol. The maximum Gasteiger partial charge on any atom is 0.147 e. The minimum atomic E-state index is -0.663. The van der Waals surface area contributed by atoms with Gasteiger partial charge in [-0.2, -0.15) is 0 Å². The van der Waals surface area contributed by atoms with Crippen molar-refractivity contribution in [3.8, 4) is 23.0 Å². The van der Waals surface area contributed by atoms with Gasteiger partial charge in [-0.05, 0) is 44.0 Å². The average Bonchev–Trinajstić information content (AvgIpc) is 2.56. The van der Waals surface area contributed by atoms with Crippen LogP contribution >= 0.6 is 31.9 Å². The Hall–Kier alpha value is -1.73. The molecule has 4 N–H and O–H groups in total. The summed E-state index contributed by atoms with van der Waals surface area (Å²) in [5.41, 5.74) is 0.739. The van der Waals surface area contributed by atoms with Gasteiger partial charge in [-0.25, -0.2) is 0 Å². The van der Waals surface area contributed by atoms with Gasteiger partial charge in [0.1, 0.15) is 37.7 Å². The molecule has 5 nitrogen and oxygen atoms in total. The highest BCUT2D eigenvalue weighted by Crippen LogP contribution is 2.43. The lowest BCUT2D eigenvalue weighted by atomic mass is 9.85. The van der Waals surface area contributed by atoms with Gasteiger partial charge in [-0.3, -0.25) is 4.79 Å². The molecule has 0 fully saturated rings. The summed E-state index contributed by atoms with van der Waals surface area (Å²) in [6.07, 6.45) is 0. The quantitative estimate of drug-likeness (QED) is 0.539. The molecule has 0 spiro atoms. The molecule has 0 heterocycles. The van der Waals surface area contributed by atoms with Crippen LogP contribution in [-0.4, -0.2) is 26.2 Å². The van der Waals surface area contributed by atoms with E-state index in [0.717, 1.165) is 0 Å². The maximum atomic E-state index is 12.8. The molecule has 24 heavy (non-hydrogen) atoms. The minimum absolute atomic E-state index is 0.121. The van der Waals surface area contributed by atoms with E-state index in [1.807, 2.05) is 0 Å². The van der Waals surface area contributed by atoms with Crippen molar-refractivity contribution >= 4 is 37.6 Å². The predicted molar refractivity (Wildman–Crippen MR) is 96.8 cm³/mol. The summed E-state index contributed by atoms with van der Waals surface area (Å²) in [7, 11) is 0. The number of ketones is 1. The van der Waals surface area contributed by atoms with Crippen molar-refractivity contribution in [2.45, 2.75) is 25.7 Å². The third-order valence-corrected chi connectivity index (χ3v) is 5.60. The molecule has 2 aromatic carbocycles. The molecule has 0 aliphatic carbocycles. The number of benzene rings is 2. The van der Waals surface area contributed by atoms with Gasteiger partial charge in [-0.15, -0.1) is 0 Å². The second-order valence-electron chi connectivity index (χ2n) is 5.52. The number of carbonyl (C=O) groups is 1. The molecule has 7 heteroatoms. The van der Waals surface area contributed by atoms with E-state index in [0.29, 0.717) is 11.1 Å². The number of rotatable bonds is 4. The van der Waals surface area contributed by atoms with Crippen LogP contribution in [0, 0.1) is 0 Å². The fraction of sp³-hybridized carbons (Fsp3) is 0.235. The number of hydrogen-bond acceptors (Lipinski definition) is 5. The first-order valence-electron chi connectivity index (χ1n) is 7.11. The fourth-order valence-electron chi connectivity index (χ4n) is 2.52. The van der Waals surface area contributed by atoms with Gasteiger partial charge in [0, 0.05) is 23.0 Å². The van der Waals surface area contributed by atoms with Crippen LogP contribution in [-0.2, 0) is 4.79 Å². The number of halogens is 2. The van der Waals surface area contributed by atoms with Crippen LogP contribution in [0.15, 0.2) is 33.2 Å². The second kappa shape index (κ2) is 7.03. The Bertz CT molecular complexity index is 739. The zero-order valence-corrected chi connectivity index (χ0v) is 16.1. The van der Waals surface area contributed by atoms with Gasteiger partial charge in [-0.1, -0.05) is 26.0 Å². The van der Waals surface area contributed by atoms with E-state index < -0.39 is 11.8 Å². The average molecular weight is 460 g/mol. The van der Waals surface area contributed by atoms with E-state index in [4.69, 9.17) is 0 Å².